The zero-order valence-corrected chi connectivity index (χ0v) is 11.7. The Balaban J connectivity index is 1.99. The van der Waals surface area contributed by atoms with Crippen LogP contribution in [0, 0.1) is 5.92 Å². The standard InChI is InChI=1S/C15H22ClNO/c1-18-15-8-7-12(10-13(15)16)14(17)9-11-5-3-2-4-6-11/h7-8,10-11,14H,2-6,9,17H2,1H3. The minimum Gasteiger partial charge on any atom is -0.495 e. The molecule has 1 saturated carbocycles. The number of hydrogen-bond donors (Lipinski definition) is 1. The molecule has 0 bridgehead atoms. The van der Waals surface area contributed by atoms with Crippen LogP contribution >= 0.6 is 11.6 Å². The van der Waals surface area contributed by atoms with E-state index in [2.05, 4.69) is 0 Å². The van der Waals surface area contributed by atoms with Gasteiger partial charge in [-0.05, 0) is 30.0 Å². The molecule has 0 heterocycles. The zero-order valence-electron chi connectivity index (χ0n) is 11.0. The van der Waals surface area contributed by atoms with Crippen LogP contribution < -0.4 is 10.5 Å². The summed E-state index contributed by atoms with van der Waals surface area (Å²) in [7, 11) is 1.63. The predicted molar refractivity (Wildman–Crippen MR) is 76.1 cm³/mol. The lowest BCUT2D eigenvalue weighted by Gasteiger charge is -2.25. The summed E-state index contributed by atoms with van der Waals surface area (Å²) in [6.45, 7) is 0. The van der Waals surface area contributed by atoms with Crippen LogP contribution in [0.2, 0.25) is 5.02 Å². The van der Waals surface area contributed by atoms with Gasteiger partial charge in [-0.3, -0.25) is 0 Å². The van der Waals surface area contributed by atoms with Gasteiger partial charge in [0.05, 0.1) is 12.1 Å². The maximum atomic E-state index is 6.29. The first-order valence-corrected chi connectivity index (χ1v) is 7.17. The van der Waals surface area contributed by atoms with Gasteiger partial charge in [0.1, 0.15) is 5.75 Å². The van der Waals surface area contributed by atoms with Crippen molar-refractivity contribution in [3.05, 3.63) is 28.8 Å². The van der Waals surface area contributed by atoms with E-state index in [9.17, 15) is 0 Å². The molecule has 0 amide bonds. The minimum atomic E-state index is 0.0940. The molecule has 0 saturated heterocycles. The first-order valence-electron chi connectivity index (χ1n) is 6.79. The van der Waals surface area contributed by atoms with Crippen LogP contribution in [0.5, 0.6) is 5.75 Å². The normalized spacial score (nSPS) is 18.6. The molecule has 1 aromatic carbocycles. The SMILES string of the molecule is COc1ccc(C(N)CC2CCCCC2)cc1Cl. The molecule has 1 aliphatic carbocycles. The Kier molecular flexibility index (Phi) is 4.90. The van der Waals surface area contributed by atoms with Gasteiger partial charge in [0.25, 0.3) is 0 Å². The fourth-order valence-electron chi connectivity index (χ4n) is 2.83. The van der Waals surface area contributed by atoms with Gasteiger partial charge in [-0.1, -0.05) is 49.8 Å². The molecular weight excluding hydrogens is 246 g/mol. The summed E-state index contributed by atoms with van der Waals surface area (Å²) in [4.78, 5) is 0. The quantitative estimate of drug-likeness (QED) is 0.882. The van der Waals surface area contributed by atoms with Gasteiger partial charge in [0.15, 0.2) is 0 Å². The fraction of sp³-hybridized carbons (Fsp3) is 0.600. The van der Waals surface area contributed by atoms with Crippen LogP contribution in [0.1, 0.15) is 50.1 Å². The number of nitrogens with two attached hydrogens (primary N) is 1. The van der Waals surface area contributed by atoms with E-state index in [1.165, 1.54) is 32.1 Å². The van der Waals surface area contributed by atoms with E-state index >= 15 is 0 Å². The predicted octanol–water partition coefficient (Wildman–Crippen LogP) is 4.32. The highest BCUT2D eigenvalue weighted by Gasteiger charge is 2.18. The second-order valence-corrected chi connectivity index (χ2v) is 5.65. The second-order valence-electron chi connectivity index (χ2n) is 5.24. The van der Waals surface area contributed by atoms with Crippen LogP contribution in [0.25, 0.3) is 0 Å². The zero-order chi connectivity index (χ0) is 13.0. The molecule has 100 valence electrons. The molecule has 1 fully saturated rings. The molecule has 0 radical (unpaired) electrons. The third-order valence-electron chi connectivity index (χ3n) is 3.92. The van der Waals surface area contributed by atoms with Crippen molar-refractivity contribution in [1.29, 1.82) is 0 Å². The third kappa shape index (κ3) is 3.39. The minimum absolute atomic E-state index is 0.0940. The monoisotopic (exact) mass is 267 g/mol. The summed E-state index contributed by atoms with van der Waals surface area (Å²) in [5.74, 6) is 1.50. The van der Waals surface area contributed by atoms with Crippen molar-refractivity contribution < 1.29 is 4.74 Å². The summed E-state index contributed by atoms with van der Waals surface area (Å²) in [6.07, 6.45) is 7.85. The largest absolute Gasteiger partial charge is 0.495 e. The number of ether oxygens (including phenoxy) is 1. The van der Waals surface area contributed by atoms with Crippen LogP contribution in [-0.2, 0) is 0 Å². The van der Waals surface area contributed by atoms with Gasteiger partial charge in [-0.2, -0.15) is 0 Å². The molecule has 0 aliphatic heterocycles. The molecule has 2 rings (SSSR count). The molecule has 1 aromatic rings. The Hall–Kier alpha value is -0.730. The van der Waals surface area contributed by atoms with E-state index in [1.807, 2.05) is 18.2 Å². The van der Waals surface area contributed by atoms with E-state index in [-0.39, 0.29) is 6.04 Å². The molecule has 1 atom stereocenters. The summed E-state index contributed by atoms with van der Waals surface area (Å²) in [5, 5.41) is 0.647. The van der Waals surface area contributed by atoms with Crippen LogP contribution in [0.4, 0.5) is 0 Å². The Bertz CT molecular complexity index is 388. The van der Waals surface area contributed by atoms with E-state index in [4.69, 9.17) is 22.1 Å². The highest BCUT2D eigenvalue weighted by atomic mass is 35.5. The lowest BCUT2D eigenvalue weighted by Crippen LogP contribution is -2.17. The number of hydrogen-bond acceptors (Lipinski definition) is 2. The Morgan fingerprint density at radius 1 is 1.33 bits per heavy atom. The van der Waals surface area contributed by atoms with Crippen molar-refractivity contribution in [3.8, 4) is 5.75 Å². The number of rotatable bonds is 4. The third-order valence-corrected chi connectivity index (χ3v) is 4.21. The molecule has 2 N–H and O–H groups in total. The average molecular weight is 268 g/mol. The molecule has 3 heteroatoms. The highest BCUT2D eigenvalue weighted by molar-refractivity contribution is 6.32. The van der Waals surface area contributed by atoms with E-state index < -0.39 is 0 Å². The van der Waals surface area contributed by atoms with Crippen LogP contribution in [-0.4, -0.2) is 7.11 Å². The number of benzene rings is 1. The molecule has 0 aromatic heterocycles. The smallest absolute Gasteiger partial charge is 0.137 e. The van der Waals surface area contributed by atoms with Crippen LogP contribution in [0.15, 0.2) is 18.2 Å². The first kappa shape index (κ1) is 13.7. The summed E-state index contributed by atoms with van der Waals surface area (Å²) >= 11 is 6.14. The number of methoxy groups -OCH3 is 1. The van der Waals surface area contributed by atoms with Crippen molar-refractivity contribution in [1.82, 2.24) is 0 Å². The van der Waals surface area contributed by atoms with E-state index in [0.717, 1.165) is 17.9 Å². The first-order chi connectivity index (χ1) is 8.70. The lowest BCUT2D eigenvalue weighted by molar-refractivity contribution is 0.319. The van der Waals surface area contributed by atoms with E-state index in [0.29, 0.717) is 10.8 Å². The Morgan fingerprint density at radius 3 is 2.67 bits per heavy atom. The maximum absolute atomic E-state index is 6.29. The molecule has 2 nitrogen and oxygen atoms in total. The Morgan fingerprint density at radius 2 is 2.06 bits per heavy atom. The van der Waals surface area contributed by atoms with Crippen molar-refractivity contribution >= 4 is 11.6 Å². The fourth-order valence-corrected chi connectivity index (χ4v) is 3.10. The highest BCUT2D eigenvalue weighted by Crippen LogP contribution is 2.33. The second kappa shape index (κ2) is 6.44. The van der Waals surface area contributed by atoms with Crippen molar-refractivity contribution in [2.45, 2.75) is 44.6 Å². The number of halogens is 1. The Labute approximate surface area is 114 Å². The summed E-state index contributed by atoms with van der Waals surface area (Å²) in [6, 6.07) is 5.96. The topological polar surface area (TPSA) is 35.2 Å². The van der Waals surface area contributed by atoms with Gasteiger partial charge in [-0.15, -0.1) is 0 Å². The van der Waals surface area contributed by atoms with Gasteiger partial charge in [0.2, 0.25) is 0 Å². The molecule has 1 unspecified atom stereocenters. The molecular formula is C15H22ClNO. The lowest BCUT2D eigenvalue weighted by atomic mass is 9.83. The van der Waals surface area contributed by atoms with Crippen molar-refractivity contribution in [2.24, 2.45) is 11.7 Å². The van der Waals surface area contributed by atoms with Gasteiger partial charge < -0.3 is 10.5 Å². The van der Waals surface area contributed by atoms with Gasteiger partial charge >= 0.3 is 0 Å². The van der Waals surface area contributed by atoms with Gasteiger partial charge in [-0.25, -0.2) is 0 Å². The average Bonchev–Trinajstić information content (AvgIpc) is 2.39. The van der Waals surface area contributed by atoms with E-state index in [1.54, 1.807) is 7.11 Å². The molecule has 0 spiro atoms. The summed E-state index contributed by atoms with van der Waals surface area (Å²) < 4.78 is 5.16. The molecule has 18 heavy (non-hydrogen) atoms. The maximum Gasteiger partial charge on any atom is 0.137 e. The molecule has 1 aliphatic rings. The van der Waals surface area contributed by atoms with Crippen molar-refractivity contribution in [3.63, 3.8) is 0 Å². The van der Waals surface area contributed by atoms with Crippen LogP contribution in [0.3, 0.4) is 0 Å². The summed E-state index contributed by atoms with van der Waals surface area (Å²) in [5.41, 5.74) is 7.40. The van der Waals surface area contributed by atoms with Gasteiger partial charge in [0, 0.05) is 6.04 Å². The van der Waals surface area contributed by atoms with Crippen molar-refractivity contribution in [2.75, 3.05) is 7.11 Å².